The molecule has 0 saturated carbocycles. The molecule has 136 valence electrons. The van der Waals surface area contributed by atoms with Crippen LogP contribution in [0.15, 0.2) is 52.7 Å². The fourth-order valence-electron chi connectivity index (χ4n) is 2.73. The molecule has 2 heterocycles. The van der Waals surface area contributed by atoms with Crippen LogP contribution in [-0.4, -0.2) is 36.5 Å². The van der Waals surface area contributed by atoms with Crippen molar-refractivity contribution in [3.8, 4) is 0 Å². The third kappa shape index (κ3) is 4.26. The monoisotopic (exact) mass is 387 g/mol. The zero-order valence-electron chi connectivity index (χ0n) is 14.6. The van der Waals surface area contributed by atoms with Crippen LogP contribution in [-0.2, 0) is 20.1 Å². The van der Waals surface area contributed by atoms with Crippen LogP contribution in [0.1, 0.15) is 23.8 Å². The lowest BCUT2D eigenvalue weighted by atomic mass is 10.2. The van der Waals surface area contributed by atoms with Gasteiger partial charge in [0.2, 0.25) is 0 Å². The molecule has 0 radical (unpaired) electrons. The van der Waals surface area contributed by atoms with Crippen LogP contribution < -0.4 is 0 Å². The van der Waals surface area contributed by atoms with E-state index in [0.717, 1.165) is 10.4 Å². The number of hydrogen-bond donors (Lipinski definition) is 0. The number of benzene rings is 1. The van der Waals surface area contributed by atoms with E-state index >= 15 is 0 Å². The second-order valence-corrected chi connectivity index (χ2v) is 7.70. The van der Waals surface area contributed by atoms with Crippen molar-refractivity contribution in [1.29, 1.82) is 0 Å². The largest absolute Gasteiger partial charge is 0.382 e. The van der Waals surface area contributed by atoms with Gasteiger partial charge in [-0.2, -0.15) is 0 Å². The van der Waals surface area contributed by atoms with Crippen molar-refractivity contribution in [2.45, 2.75) is 19.1 Å². The van der Waals surface area contributed by atoms with Crippen molar-refractivity contribution in [3.05, 3.63) is 63.2 Å². The highest BCUT2D eigenvalue weighted by molar-refractivity contribution is 8.03. The van der Waals surface area contributed by atoms with Gasteiger partial charge in [0, 0.05) is 30.4 Å². The first-order chi connectivity index (χ1) is 12.7. The fraction of sp³-hybridized carbons (Fsp3) is 0.300. The van der Waals surface area contributed by atoms with Gasteiger partial charge in [0.25, 0.3) is 11.8 Å². The topological polar surface area (TPSA) is 46.6 Å². The second kappa shape index (κ2) is 9.16. The van der Waals surface area contributed by atoms with E-state index in [1.807, 2.05) is 54.8 Å². The number of nitrogens with zero attached hydrogens (tertiary/aromatic N) is 1. The van der Waals surface area contributed by atoms with E-state index in [-0.39, 0.29) is 11.8 Å². The summed E-state index contributed by atoms with van der Waals surface area (Å²) < 4.78 is 5.33. The predicted octanol–water partition coefficient (Wildman–Crippen LogP) is 4.19. The first-order valence-corrected chi connectivity index (χ1v) is 10.5. The summed E-state index contributed by atoms with van der Waals surface area (Å²) in [5.41, 5.74) is 1.67. The molecule has 3 rings (SSSR count). The van der Waals surface area contributed by atoms with Crippen LogP contribution in [0.4, 0.5) is 0 Å². The molecule has 1 aromatic heterocycles. The highest BCUT2D eigenvalue weighted by Gasteiger charge is 2.39. The van der Waals surface area contributed by atoms with Gasteiger partial charge in [0.1, 0.15) is 0 Å². The van der Waals surface area contributed by atoms with Crippen LogP contribution in [0.3, 0.4) is 0 Å². The van der Waals surface area contributed by atoms with E-state index in [1.54, 1.807) is 0 Å². The molecule has 0 spiro atoms. The number of carbonyl (C=O) groups excluding carboxylic acids is 2. The minimum atomic E-state index is -0.190. The third-order valence-electron chi connectivity index (χ3n) is 3.99. The Kier molecular flexibility index (Phi) is 6.66. The summed E-state index contributed by atoms with van der Waals surface area (Å²) >= 11 is 2.94. The van der Waals surface area contributed by atoms with Gasteiger partial charge in [0.05, 0.1) is 10.5 Å². The fourth-order valence-corrected chi connectivity index (χ4v) is 4.64. The number of thioether (sulfide) groups is 1. The zero-order chi connectivity index (χ0) is 18.4. The third-order valence-corrected chi connectivity index (χ3v) is 6.03. The Morgan fingerprint density at radius 1 is 1.08 bits per heavy atom. The van der Waals surface area contributed by atoms with Crippen molar-refractivity contribution in [1.82, 2.24) is 4.90 Å². The van der Waals surface area contributed by atoms with Gasteiger partial charge in [-0.25, -0.2) is 0 Å². The minimum Gasteiger partial charge on any atom is -0.382 e. The summed E-state index contributed by atoms with van der Waals surface area (Å²) in [6, 6.07) is 13.8. The standard InChI is InChI=1S/C20H21NO3S2/c1-2-24-12-7-11-21-19(22)17(16-10-6-13-25-16)18(20(21)23)26-14-15-8-4-3-5-9-15/h3-6,8-10,13H,2,7,11-12,14H2,1H3. The quantitative estimate of drug-likeness (QED) is 0.478. The van der Waals surface area contributed by atoms with Gasteiger partial charge in [-0.3, -0.25) is 14.5 Å². The lowest BCUT2D eigenvalue weighted by Gasteiger charge is -2.14. The van der Waals surface area contributed by atoms with Gasteiger partial charge in [-0.05, 0) is 30.4 Å². The minimum absolute atomic E-state index is 0.184. The molecule has 26 heavy (non-hydrogen) atoms. The Bertz CT molecular complexity index is 785. The molecule has 0 N–H and O–H groups in total. The average Bonchev–Trinajstić information content (AvgIpc) is 3.26. The summed E-state index contributed by atoms with van der Waals surface area (Å²) in [7, 11) is 0. The normalized spacial score (nSPS) is 14.6. The molecule has 0 bridgehead atoms. The summed E-state index contributed by atoms with van der Waals surface area (Å²) in [6.45, 7) is 3.51. The molecule has 1 aromatic carbocycles. The van der Waals surface area contributed by atoms with E-state index in [4.69, 9.17) is 4.74 Å². The highest BCUT2D eigenvalue weighted by Crippen LogP contribution is 2.38. The summed E-state index contributed by atoms with van der Waals surface area (Å²) in [4.78, 5) is 28.6. The maximum Gasteiger partial charge on any atom is 0.268 e. The van der Waals surface area contributed by atoms with Gasteiger partial charge in [-0.1, -0.05) is 36.4 Å². The molecule has 2 aromatic rings. The number of ether oxygens (including phenoxy) is 1. The molecule has 1 aliphatic heterocycles. The van der Waals surface area contributed by atoms with Gasteiger partial charge < -0.3 is 4.74 Å². The molecular formula is C20H21NO3S2. The van der Waals surface area contributed by atoms with Crippen LogP contribution in [0.25, 0.3) is 5.57 Å². The maximum absolute atomic E-state index is 12.9. The van der Waals surface area contributed by atoms with E-state index in [2.05, 4.69) is 0 Å². The summed E-state index contributed by atoms with van der Waals surface area (Å²) in [6.07, 6.45) is 0.652. The molecule has 1 aliphatic rings. The Labute approximate surface area is 161 Å². The molecule has 0 unspecified atom stereocenters. The van der Waals surface area contributed by atoms with Crippen molar-refractivity contribution in [2.75, 3.05) is 19.8 Å². The highest BCUT2D eigenvalue weighted by atomic mass is 32.2. The first-order valence-electron chi connectivity index (χ1n) is 8.61. The summed E-state index contributed by atoms with van der Waals surface area (Å²) in [5, 5.41) is 1.93. The number of amides is 2. The number of thiophene rings is 1. The van der Waals surface area contributed by atoms with Crippen LogP contribution in [0.2, 0.25) is 0 Å². The Morgan fingerprint density at radius 3 is 2.58 bits per heavy atom. The van der Waals surface area contributed by atoms with E-state index in [0.29, 0.717) is 42.4 Å². The Hall–Kier alpha value is -1.89. The lowest BCUT2D eigenvalue weighted by molar-refractivity contribution is -0.136. The second-order valence-electron chi connectivity index (χ2n) is 5.77. The van der Waals surface area contributed by atoms with Crippen LogP contribution >= 0.6 is 23.1 Å². The van der Waals surface area contributed by atoms with Gasteiger partial charge >= 0.3 is 0 Å². The average molecular weight is 388 g/mol. The molecule has 0 fully saturated rings. The number of carbonyl (C=O) groups is 2. The van der Waals surface area contributed by atoms with Gasteiger partial charge in [-0.15, -0.1) is 23.1 Å². The van der Waals surface area contributed by atoms with Gasteiger partial charge in [0.15, 0.2) is 0 Å². The maximum atomic E-state index is 12.9. The molecular weight excluding hydrogens is 366 g/mol. The molecule has 2 amide bonds. The molecule has 0 atom stereocenters. The number of hydrogen-bond acceptors (Lipinski definition) is 5. The van der Waals surface area contributed by atoms with Crippen molar-refractivity contribution in [2.24, 2.45) is 0 Å². The Morgan fingerprint density at radius 2 is 1.88 bits per heavy atom. The van der Waals surface area contributed by atoms with Crippen molar-refractivity contribution < 1.29 is 14.3 Å². The number of imide groups is 1. The molecule has 0 saturated heterocycles. The number of rotatable bonds is 9. The summed E-state index contributed by atoms with van der Waals surface area (Å²) in [5.74, 6) is 0.289. The smallest absolute Gasteiger partial charge is 0.268 e. The molecule has 6 heteroatoms. The predicted molar refractivity (Wildman–Crippen MR) is 107 cm³/mol. The molecule has 0 aliphatic carbocycles. The van der Waals surface area contributed by atoms with E-state index in [1.165, 1.54) is 28.0 Å². The van der Waals surface area contributed by atoms with E-state index < -0.39 is 0 Å². The van der Waals surface area contributed by atoms with Crippen LogP contribution in [0, 0.1) is 0 Å². The van der Waals surface area contributed by atoms with Crippen LogP contribution in [0.5, 0.6) is 0 Å². The van der Waals surface area contributed by atoms with E-state index in [9.17, 15) is 9.59 Å². The molecule has 4 nitrogen and oxygen atoms in total. The Balaban J connectivity index is 1.79. The SMILES string of the molecule is CCOCCCN1C(=O)C(SCc2ccccc2)=C(c2cccs2)C1=O. The zero-order valence-corrected chi connectivity index (χ0v) is 16.3. The lowest BCUT2D eigenvalue weighted by Crippen LogP contribution is -2.33. The van der Waals surface area contributed by atoms with Crippen molar-refractivity contribution in [3.63, 3.8) is 0 Å². The first kappa shape index (κ1) is 18.9. The van der Waals surface area contributed by atoms with Crippen molar-refractivity contribution >= 4 is 40.5 Å².